The SMILES string of the molecule is Cc1cc(NC(=O)CC(=O)c2cccc(-c3ccncc3)c2)ccc1C(F)(F)F. The Balaban J connectivity index is 1.69. The smallest absolute Gasteiger partial charge is 0.326 e. The molecule has 29 heavy (non-hydrogen) atoms. The molecule has 0 spiro atoms. The summed E-state index contributed by atoms with van der Waals surface area (Å²) in [6, 6.07) is 13.8. The number of carbonyl (C=O) groups is 2. The topological polar surface area (TPSA) is 59.1 Å². The summed E-state index contributed by atoms with van der Waals surface area (Å²) in [4.78, 5) is 28.6. The van der Waals surface area contributed by atoms with Crippen LogP contribution in [0.25, 0.3) is 11.1 Å². The van der Waals surface area contributed by atoms with E-state index in [1.165, 1.54) is 19.1 Å². The number of pyridine rings is 1. The number of nitrogens with zero attached hydrogens (tertiary/aromatic N) is 1. The van der Waals surface area contributed by atoms with Crippen LogP contribution in [0.1, 0.15) is 27.9 Å². The summed E-state index contributed by atoms with van der Waals surface area (Å²) < 4.78 is 38.5. The van der Waals surface area contributed by atoms with Crippen molar-refractivity contribution in [3.63, 3.8) is 0 Å². The van der Waals surface area contributed by atoms with E-state index in [-0.39, 0.29) is 17.0 Å². The van der Waals surface area contributed by atoms with Gasteiger partial charge in [0.05, 0.1) is 12.0 Å². The third kappa shape index (κ3) is 5.07. The average Bonchev–Trinajstić information content (AvgIpc) is 2.67. The molecule has 0 radical (unpaired) electrons. The maximum atomic E-state index is 12.8. The van der Waals surface area contributed by atoms with E-state index < -0.39 is 24.1 Å². The van der Waals surface area contributed by atoms with Crippen molar-refractivity contribution in [2.45, 2.75) is 19.5 Å². The molecular weight excluding hydrogens is 381 g/mol. The maximum absolute atomic E-state index is 12.8. The van der Waals surface area contributed by atoms with Crippen LogP contribution >= 0.6 is 0 Å². The Kier molecular flexibility index (Phi) is 5.77. The van der Waals surface area contributed by atoms with E-state index in [0.717, 1.165) is 17.2 Å². The lowest BCUT2D eigenvalue weighted by molar-refractivity contribution is -0.138. The number of amides is 1. The van der Waals surface area contributed by atoms with Crippen LogP contribution in [0.2, 0.25) is 0 Å². The van der Waals surface area contributed by atoms with Crippen LogP contribution in [0, 0.1) is 6.92 Å². The molecule has 0 bridgehead atoms. The quantitative estimate of drug-likeness (QED) is 0.469. The third-order valence-electron chi connectivity index (χ3n) is 4.33. The lowest BCUT2D eigenvalue weighted by atomic mass is 10.0. The van der Waals surface area contributed by atoms with E-state index in [0.29, 0.717) is 5.56 Å². The number of nitrogens with one attached hydrogen (secondary N) is 1. The van der Waals surface area contributed by atoms with Crippen LogP contribution in [0.5, 0.6) is 0 Å². The number of rotatable bonds is 5. The summed E-state index contributed by atoms with van der Waals surface area (Å²) in [6.45, 7) is 1.31. The summed E-state index contributed by atoms with van der Waals surface area (Å²) in [7, 11) is 0. The minimum absolute atomic E-state index is 0.00770. The molecule has 0 aliphatic carbocycles. The number of aromatic nitrogens is 1. The summed E-state index contributed by atoms with van der Waals surface area (Å²) >= 11 is 0. The average molecular weight is 398 g/mol. The predicted octanol–water partition coefficient (Wildman–Crippen LogP) is 5.29. The van der Waals surface area contributed by atoms with Crippen LogP contribution in [-0.4, -0.2) is 16.7 Å². The number of hydrogen-bond donors (Lipinski definition) is 1. The van der Waals surface area contributed by atoms with Gasteiger partial charge in [0.2, 0.25) is 5.91 Å². The van der Waals surface area contributed by atoms with E-state index in [1.807, 2.05) is 18.2 Å². The van der Waals surface area contributed by atoms with Gasteiger partial charge in [-0.1, -0.05) is 18.2 Å². The van der Waals surface area contributed by atoms with Crippen LogP contribution in [-0.2, 0) is 11.0 Å². The number of benzene rings is 2. The van der Waals surface area contributed by atoms with Gasteiger partial charge in [-0.25, -0.2) is 0 Å². The van der Waals surface area contributed by atoms with Crippen molar-refractivity contribution in [1.29, 1.82) is 0 Å². The Morgan fingerprint density at radius 1 is 0.966 bits per heavy atom. The number of alkyl halides is 3. The van der Waals surface area contributed by atoms with Crippen LogP contribution in [0.3, 0.4) is 0 Å². The molecule has 0 fully saturated rings. The molecule has 2 aromatic carbocycles. The highest BCUT2D eigenvalue weighted by Crippen LogP contribution is 2.32. The molecule has 148 valence electrons. The predicted molar refractivity (Wildman–Crippen MR) is 103 cm³/mol. The molecule has 0 unspecified atom stereocenters. The first-order valence-corrected chi connectivity index (χ1v) is 8.75. The highest BCUT2D eigenvalue weighted by atomic mass is 19.4. The highest BCUT2D eigenvalue weighted by Gasteiger charge is 2.32. The molecule has 0 aliphatic rings. The van der Waals surface area contributed by atoms with E-state index >= 15 is 0 Å². The second-order valence-electron chi connectivity index (χ2n) is 6.49. The molecular formula is C22H17F3N2O2. The molecule has 1 heterocycles. The first kappa shape index (κ1) is 20.3. The molecule has 3 aromatic rings. The van der Waals surface area contributed by atoms with Gasteiger partial charge in [-0.3, -0.25) is 14.6 Å². The Morgan fingerprint density at radius 2 is 1.69 bits per heavy atom. The Morgan fingerprint density at radius 3 is 2.34 bits per heavy atom. The van der Waals surface area contributed by atoms with E-state index in [1.54, 1.807) is 30.6 Å². The molecule has 0 saturated carbocycles. The van der Waals surface area contributed by atoms with E-state index in [9.17, 15) is 22.8 Å². The Bertz CT molecular complexity index is 1050. The van der Waals surface area contributed by atoms with Crippen molar-refractivity contribution in [1.82, 2.24) is 4.98 Å². The molecule has 0 atom stereocenters. The zero-order valence-corrected chi connectivity index (χ0v) is 15.5. The molecule has 1 N–H and O–H groups in total. The Labute approximate surface area is 165 Å². The molecule has 3 rings (SSSR count). The minimum atomic E-state index is -4.46. The summed E-state index contributed by atoms with van der Waals surface area (Å²) in [5.74, 6) is -0.981. The number of aryl methyl sites for hydroxylation is 1. The third-order valence-corrected chi connectivity index (χ3v) is 4.33. The van der Waals surface area contributed by atoms with Crippen molar-refractivity contribution >= 4 is 17.4 Å². The van der Waals surface area contributed by atoms with Crippen molar-refractivity contribution in [3.8, 4) is 11.1 Å². The Hall–Kier alpha value is -3.48. The fraction of sp³-hybridized carbons (Fsp3) is 0.136. The number of hydrogen-bond acceptors (Lipinski definition) is 3. The summed E-state index contributed by atoms with van der Waals surface area (Å²) in [5, 5.41) is 2.47. The van der Waals surface area contributed by atoms with Gasteiger partial charge in [0.25, 0.3) is 0 Å². The number of halogens is 3. The second kappa shape index (κ2) is 8.26. The number of anilines is 1. The van der Waals surface area contributed by atoms with Gasteiger partial charge in [-0.2, -0.15) is 13.2 Å². The van der Waals surface area contributed by atoms with Crippen LogP contribution in [0.4, 0.5) is 18.9 Å². The van der Waals surface area contributed by atoms with Gasteiger partial charge < -0.3 is 5.32 Å². The highest BCUT2D eigenvalue weighted by molar-refractivity contribution is 6.11. The van der Waals surface area contributed by atoms with Gasteiger partial charge in [0.15, 0.2) is 5.78 Å². The normalized spacial score (nSPS) is 11.2. The zero-order chi connectivity index (χ0) is 21.0. The van der Waals surface area contributed by atoms with Crippen LogP contribution < -0.4 is 5.32 Å². The monoisotopic (exact) mass is 398 g/mol. The standard InChI is InChI=1S/C22H17F3N2O2/c1-14-11-18(5-6-19(14)22(23,24)25)27-21(29)13-20(28)17-4-2-3-16(12-17)15-7-9-26-10-8-15/h2-12H,13H2,1H3,(H,27,29). The maximum Gasteiger partial charge on any atom is 0.416 e. The zero-order valence-electron chi connectivity index (χ0n) is 15.5. The van der Waals surface area contributed by atoms with Crippen LogP contribution in [0.15, 0.2) is 67.0 Å². The molecule has 0 saturated heterocycles. The number of carbonyl (C=O) groups excluding carboxylic acids is 2. The van der Waals surface area contributed by atoms with Gasteiger partial charge in [-0.05, 0) is 60.0 Å². The van der Waals surface area contributed by atoms with Crippen molar-refractivity contribution < 1.29 is 22.8 Å². The van der Waals surface area contributed by atoms with E-state index in [4.69, 9.17) is 0 Å². The van der Waals surface area contributed by atoms with Gasteiger partial charge in [0.1, 0.15) is 0 Å². The molecule has 7 heteroatoms. The van der Waals surface area contributed by atoms with Gasteiger partial charge in [-0.15, -0.1) is 0 Å². The van der Waals surface area contributed by atoms with Gasteiger partial charge >= 0.3 is 6.18 Å². The first-order valence-electron chi connectivity index (χ1n) is 8.75. The van der Waals surface area contributed by atoms with Crippen molar-refractivity contribution in [2.75, 3.05) is 5.32 Å². The summed E-state index contributed by atoms with van der Waals surface area (Å²) in [5.41, 5.74) is 1.51. The lowest BCUT2D eigenvalue weighted by Gasteiger charge is -2.12. The molecule has 1 amide bonds. The molecule has 0 aliphatic heterocycles. The first-order chi connectivity index (χ1) is 13.7. The molecule has 4 nitrogen and oxygen atoms in total. The fourth-order valence-corrected chi connectivity index (χ4v) is 2.93. The minimum Gasteiger partial charge on any atom is -0.326 e. The van der Waals surface area contributed by atoms with Crippen molar-refractivity contribution in [2.24, 2.45) is 0 Å². The lowest BCUT2D eigenvalue weighted by Crippen LogP contribution is -2.17. The second-order valence-corrected chi connectivity index (χ2v) is 6.49. The molecule has 1 aromatic heterocycles. The number of ketones is 1. The fourth-order valence-electron chi connectivity index (χ4n) is 2.93. The summed E-state index contributed by atoms with van der Waals surface area (Å²) in [6.07, 6.45) is -1.59. The van der Waals surface area contributed by atoms with Crippen molar-refractivity contribution in [3.05, 3.63) is 83.7 Å². The van der Waals surface area contributed by atoms with E-state index in [2.05, 4.69) is 10.3 Å². The largest absolute Gasteiger partial charge is 0.416 e. The van der Waals surface area contributed by atoms with Gasteiger partial charge in [0, 0.05) is 23.6 Å². The number of Topliss-reactive ketones (excluding diaryl/α,β-unsaturated/α-hetero) is 1.